The third-order valence-electron chi connectivity index (χ3n) is 3.82. The Bertz CT molecular complexity index is 1060. The van der Waals surface area contributed by atoms with Crippen LogP contribution in [0, 0.1) is 0 Å². The van der Waals surface area contributed by atoms with Crippen LogP contribution in [0.4, 0.5) is 0 Å². The van der Waals surface area contributed by atoms with Crippen molar-refractivity contribution in [2.24, 2.45) is 0 Å². The lowest BCUT2D eigenvalue weighted by Gasteiger charge is -2.03. The van der Waals surface area contributed by atoms with Gasteiger partial charge in [-0.25, -0.2) is 9.48 Å². The Morgan fingerprint density at radius 2 is 2.00 bits per heavy atom. The number of nitrogens with zero attached hydrogens (tertiary/aromatic N) is 5. The molecule has 0 fully saturated rings. The minimum absolute atomic E-state index is 0.140. The topological polar surface area (TPSA) is 93.8 Å². The molecule has 3 aromatic heterocycles. The summed E-state index contributed by atoms with van der Waals surface area (Å²) < 4.78 is 1.72. The van der Waals surface area contributed by atoms with E-state index in [0.717, 1.165) is 16.5 Å². The fourth-order valence-electron chi connectivity index (χ4n) is 2.58. The predicted molar refractivity (Wildman–Crippen MR) is 91.1 cm³/mol. The van der Waals surface area contributed by atoms with Gasteiger partial charge in [-0.1, -0.05) is 17.3 Å². The fraction of sp³-hybridized carbons (Fsp3) is 0.0556. The molecule has 0 aliphatic carbocycles. The van der Waals surface area contributed by atoms with Gasteiger partial charge in [0, 0.05) is 17.8 Å². The van der Waals surface area contributed by atoms with Crippen LogP contribution in [0.25, 0.3) is 22.3 Å². The SMILES string of the molecule is O=C(O)c1ccc(-c2cn(Cc3ccc4ncccc4c3)nn2)nc1. The number of hydrogen-bond acceptors (Lipinski definition) is 5. The quantitative estimate of drug-likeness (QED) is 0.618. The average Bonchev–Trinajstić information content (AvgIpc) is 3.10. The zero-order valence-electron chi connectivity index (χ0n) is 13.1. The second kappa shape index (κ2) is 6.12. The Labute approximate surface area is 142 Å². The van der Waals surface area contributed by atoms with Crippen molar-refractivity contribution in [3.05, 3.63) is 72.2 Å². The lowest BCUT2D eigenvalue weighted by molar-refractivity contribution is 0.0696. The van der Waals surface area contributed by atoms with Crippen LogP contribution >= 0.6 is 0 Å². The van der Waals surface area contributed by atoms with Crippen LogP contribution in [-0.4, -0.2) is 36.0 Å². The van der Waals surface area contributed by atoms with Crippen molar-refractivity contribution in [1.82, 2.24) is 25.0 Å². The first-order valence-electron chi connectivity index (χ1n) is 7.62. The number of pyridine rings is 2. The summed E-state index contributed by atoms with van der Waals surface area (Å²) in [5.41, 5.74) is 3.36. The number of carboxylic acids is 1. The number of hydrogen-bond donors (Lipinski definition) is 1. The van der Waals surface area contributed by atoms with Crippen molar-refractivity contribution in [3.63, 3.8) is 0 Å². The standard InChI is InChI=1S/C18H13N5O2/c24-18(25)14-4-6-16(20-9-14)17-11-23(22-21-17)10-12-3-5-15-13(8-12)2-1-7-19-15/h1-9,11H,10H2,(H,24,25). The van der Waals surface area contributed by atoms with Crippen molar-refractivity contribution in [3.8, 4) is 11.4 Å². The molecular formula is C18H13N5O2. The molecule has 3 heterocycles. The van der Waals surface area contributed by atoms with Crippen LogP contribution in [0.5, 0.6) is 0 Å². The molecule has 7 heteroatoms. The highest BCUT2D eigenvalue weighted by Gasteiger charge is 2.08. The van der Waals surface area contributed by atoms with E-state index in [0.29, 0.717) is 17.9 Å². The van der Waals surface area contributed by atoms with Gasteiger partial charge in [0.25, 0.3) is 0 Å². The van der Waals surface area contributed by atoms with Crippen LogP contribution < -0.4 is 0 Å². The molecule has 0 saturated carbocycles. The van der Waals surface area contributed by atoms with Gasteiger partial charge in [0.15, 0.2) is 0 Å². The van der Waals surface area contributed by atoms with E-state index in [-0.39, 0.29) is 5.56 Å². The molecule has 4 aromatic rings. The van der Waals surface area contributed by atoms with Crippen molar-refractivity contribution >= 4 is 16.9 Å². The van der Waals surface area contributed by atoms with Gasteiger partial charge in [0.2, 0.25) is 0 Å². The number of carboxylic acid groups (broad SMARTS) is 1. The summed E-state index contributed by atoms with van der Waals surface area (Å²) in [5.74, 6) is -1.01. The summed E-state index contributed by atoms with van der Waals surface area (Å²) in [7, 11) is 0. The maximum Gasteiger partial charge on any atom is 0.337 e. The highest BCUT2D eigenvalue weighted by atomic mass is 16.4. The smallest absolute Gasteiger partial charge is 0.337 e. The molecule has 1 N–H and O–H groups in total. The number of fused-ring (bicyclic) bond motifs is 1. The minimum Gasteiger partial charge on any atom is -0.478 e. The lowest BCUT2D eigenvalue weighted by atomic mass is 10.1. The van der Waals surface area contributed by atoms with E-state index in [1.54, 1.807) is 23.1 Å². The maximum absolute atomic E-state index is 10.9. The second-order valence-corrected chi connectivity index (χ2v) is 5.57. The number of aromatic nitrogens is 5. The Kier molecular flexibility index (Phi) is 3.66. The summed E-state index contributed by atoms with van der Waals surface area (Å²) in [6.07, 6.45) is 4.87. The summed E-state index contributed by atoms with van der Waals surface area (Å²) in [5, 5.41) is 18.2. The summed E-state index contributed by atoms with van der Waals surface area (Å²) in [4.78, 5) is 19.3. The third-order valence-corrected chi connectivity index (χ3v) is 3.82. The molecule has 0 unspecified atom stereocenters. The van der Waals surface area contributed by atoms with Crippen LogP contribution in [0.15, 0.2) is 61.1 Å². The van der Waals surface area contributed by atoms with Crippen LogP contribution in [0.2, 0.25) is 0 Å². The summed E-state index contributed by atoms with van der Waals surface area (Å²) >= 11 is 0. The Morgan fingerprint density at radius 3 is 2.80 bits per heavy atom. The first-order valence-corrected chi connectivity index (χ1v) is 7.62. The Hall–Kier alpha value is -3.61. The summed E-state index contributed by atoms with van der Waals surface area (Å²) in [6.45, 7) is 0.574. The monoisotopic (exact) mass is 331 g/mol. The average molecular weight is 331 g/mol. The van der Waals surface area contributed by atoms with Gasteiger partial charge in [-0.3, -0.25) is 9.97 Å². The van der Waals surface area contributed by atoms with Gasteiger partial charge in [-0.2, -0.15) is 0 Å². The normalized spacial score (nSPS) is 10.9. The van der Waals surface area contributed by atoms with Crippen LogP contribution in [-0.2, 0) is 6.54 Å². The second-order valence-electron chi connectivity index (χ2n) is 5.57. The predicted octanol–water partition coefficient (Wildman–Crippen LogP) is 2.63. The lowest BCUT2D eigenvalue weighted by Crippen LogP contribution is -2.00. The third kappa shape index (κ3) is 3.07. The zero-order valence-corrected chi connectivity index (χ0v) is 13.1. The molecule has 1 aromatic carbocycles. The van der Waals surface area contributed by atoms with E-state index in [2.05, 4.69) is 26.3 Å². The molecule has 25 heavy (non-hydrogen) atoms. The van der Waals surface area contributed by atoms with Crippen molar-refractivity contribution < 1.29 is 9.90 Å². The van der Waals surface area contributed by atoms with Gasteiger partial charge < -0.3 is 5.11 Å². The molecule has 0 radical (unpaired) electrons. The highest BCUT2D eigenvalue weighted by Crippen LogP contribution is 2.16. The molecule has 0 spiro atoms. The summed E-state index contributed by atoms with van der Waals surface area (Å²) in [6, 6.07) is 13.1. The molecule has 4 rings (SSSR count). The van der Waals surface area contributed by atoms with Crippen molar-refractivity contribution in [2.75, 3.05) is 0 Å². The van der Waals surface area contributed by atoms with Gasteiger partial charge in [-0.15, -0.1) is 5.10 Å². The molecule has 0 amide bonds. The first-order chi connectivity index (χ1) is 12.2. The van der Waals surface area contributed by atoms with Crippen LogP contribution in [0.3, 0.4) is 0 Å². The number of benzene rings is 1. The van der Waals surface area contributed by atoms with Gasteiger partial charge in [-0.05, 0) is 35.9 Å². The molecule has 7 nitrogen and oxygen atoms in total. The number of aromatic carboxylic acids is 1. The van der Waals surface area contributed by atoms with E-state index in [1.165, 1.54) is 12.3 Å². The maximum atomic E-state index is 10.9. The van der Waals surface area contributed by atoms with E-state index in [1.807, 2.05) is 24.3 Å². The van der Waals surface area contributed by atoms with Crippen molar-refractivity contribution in [2.45, 2.75) is 6.54 Å². The highest BCUT2D eigenvalue weighted by molar-refractivity contribution is 5.87. The zero-order chi connectivity index (χ0) is 17.2. The van der Waals surface area contributed by atoms with Crippen molar-refractivity contribution in [1.29, 1.82) is 0 Å². The molecule has 122 valence electrons. The molecule has 0 aliphatic rings. The van der Waals surface area contributed by atoms with Gasteiger partial charge >= 0.3 is 5.97 Å². The van der Waals surface area contributed by atoms with Gasteiger partial charge in [0.1, 0.15) is 5.69 Å². The minimum atomic E-state index is -1.01. The number of rotatable bonds is 4. The Balaban J connectivity index is 1.56. The van der Waals surface area contributed by atoms with E-state index in [9.17, 15) is 4.79 Å². The molecule has 0 aliphatic heterocycles. The first kappa shape index (κ1) is 14.9. The molecular weight excluding hydrogens is 318 g/mol. The van der Waals surface area contributed by atoms with Crippen LogP contribution in [0.1, 0.15) is 15.9 Å². The molecule has 0 bridgehead atoms. The fourth-order valence-corrected chi connectivity index (χ4v) is 2.58. The molecule has 0 saturated heterocycles. The number of carbonyl (C=O) groups is 1. The molecule has 0 atom stereocenters. The van der Waals surface area contributed by atoms with E-state index < -0.39 is 5.97 Å². The van der Waals surface area contributed by atoms with Gasteiger partial charge in [0.05, 0.1) is 29.5 Å². The van der Waals surface area contributed by atoms with E-state index in [4.69, 9.17) is 5.11 Å². The largest absolute Gasteiger partial charge is 0.478 e. The Morgan fingerprint density at radius 1 is 1.08 bits per heavy atom. The van der Waals surface area contributed by atoms with E-state index >= 15 is 0 Å².